The first kappa shape index (κ1) is 7.39. The number of hydrogen-bond donors (Lipinski definition) is 1. The Morgan fingerprint density at radius 1 is 1.25 bits per heavy atom. The van der Waals surface area contributed by atoms with Crippen LogP contribution in [0.2, 0.25) is 0 Å². The van der Waals surface area contributed by atoms with Crippen LogP contribution in [0.3, 0.4) is 0 Å². The van der Waals surface area contributed by atoms with Crippen LogP contribution in [-0.4, -0.2) is 11.0 Å². The molecule has 62 valence electrons. The van der Waals surface area contributed by atoms with E-state index in [4.69, 9.17) is 11.8 Å². The molecule has 12 heavy (non-hydrogen) atoms. The highest BCUT2D eigenvalue weighted by molar-refractivity contribution is 6.15. The first-order valence-corrected chi connectivity index (χ1v) is 3.80. The molecule has 4 nitrogen and oxygen atoms in total. The Kier molecular flexibility index (Phi) is 1.85. The Hall–Kier alpha value is -1.26. The molecule has 1 heterocycles. The summed E-state index contributed by atoms with van der Waals surface area (Å²) in [6, 6.07) is 9.70. The molecule has 1 aliphatic rings. The molecule has 1 aliphatic heterocycles. The van der Waals surface area contributed by atoms with E-state index in [0.717, 1.165) is 5.69 Å². The summed E-state index contributed by atoms with van der Waals surface area (Å²) in [6.45, 7) is 0. The molecule has 1 aromatic carbocycles. The Morgan fingerprint density at radius 2 is 2.00 bits per heavy atom. The van der Waals surface area contributed by atoms with Crippen molar-refractivity contribution >= 4 is 23.8 Å². The normalized spacial score (nSPS) is 16.6. The lowest BCUT2D eigenvalue weighted by Crippen LogP contribution is -2.34. The quantitative estimate of drug-likeness (QED) is 0.665. The van der Waals surface area contributed by atoms with Crippen molar-refractivity contribution in [3.63, 3.8) is 0 Å². The standard InChI is InChI=1S/C7H7ClN4/c8-12-10-9-6-11(12)7-4-2-1-3-5-7/h1-6,10H. The summed E-state index contributed by atoms with van der Waals surface area (Å²) in [6.07, 6.45) is 1.60. The fraction of sp³-hybridized carbons (Fsp3) is 0. The molecular weight excluding hydrogens is 176 g/mol. The van der Waals surface area contributed by atoms with Gasteiger partial charge in [0.25, 0.3) is 0 Å². The van der Waals surface area contributed by atoms with Crippen LogP contribution in [0.1, 0.15) is 0 Å². The largest absolute Gasteiger partial charge is 0.228 e. The molecule has 0 spiro atoms. The van der Waals surface area contributed by atoms with Crippen LogP contribution in [0.25, 0.3) is 0 Å². The molecule has 0 fully saturated rings. The number of para-hydroxylation sites is 1. The minimum atomic E-state index is 0.959. The van der Waals surface area contributed by atoms with Gasteiger partial charge in [-0.15, -0.1) is 0 Å². The van der Waals surface area contributed by atoms with E-state index in [1.807, 2.05) is 30.3 Å². The van der Waals surface area contributed by atoms with Gasteiger partial charge in [-0.05, 0) is 16.8 Å². The average Bonchev–Trinajstić information content (AvgIpc) is 2.53. The molecule has 1 N–H and O–H groups in total. The van der Waals surface area contributed by atoms with Crippen molar-refractivity contribution in [1.82, 2.24) is 10.2 Å². The number of hydrazine groups is 2. The molecule has 0 radical (unpaired) electrons. The summed E-state index contributed by atoms with van der Waals surface area (Å²) < 4.78 is 1.27. The number of anilines is 1. The van der Waals surface area contributed by atoms with Gasteiger partial charge in [0.2, 0.25) is 0 Å². The zero-order valence-electron chi connectivity index (χ0n) is 6.18. The first-order chi connectivity index (χ1) is 5.88. The van der Waals surface area contributed by atoms with Gasteiger partial charge in [-0.1, -0.05) is 18.2 Å². The number of rotatable bonds is 1. The minimum absolute atomic E-state index is 0.959. The van der Waals surface area contributed by atoms with E-state index in [9.17, 15) is 0 Å². The van der Waals surface area contributed by atoms with E-state index in [-0.39, 0.29) is 0 Å². The minimum Gasteiger partial charge on any atom is -0.228 e. The Balaban J connectivity index is 2.25. The molecule has 0 saturated carbocycles. The highest BCUT2D eigenvalue weighted by Gasteiger charge is 2.15. The van der Waals surface area contributed by atoms with Crippen molar-refractivity contribution in [2.45, 2.75) is 0 Å². The lowest BCUT2D eigenvalue weighted by molar-refractivity contribution is 0.395. The molecule has 1 aromatic rings. The van der Waals surface area contributed by atoms with Crippen molar-refractivity contribution in [3.8, 4) is 0 Å². The van der Waals surface area contributed by atoms with Gasteiger partial charge < -0.3 is 0 Å². The van der Waals surface area contributed by atoms with E-state index in [2.05, 4.69) is 10.6 Å². The summed E-state index contributed by atoms with van der Waals surface area (Å²) in [7, 11) is 0. The maximum atomic E-state index is 5.74. The maximum absolute atomic E-state index is 5.74. The van der Waals surface area contributed by atoms with Gasteiger partial charge in [-0.3, -0.25) is 0 Å². The maximum Gasteiger partial charge on any atom is 0.135 e. The van der Waals surface area contributed by atoms with Crippen molar-refractivity contribution in [1.29, 1.82) is 0 Å². The zero-order valence-corrected chi connectivity index (χ0v) is 6.94. The third-order valence-electron chi connectivity index (χ3n) is 1.52. The van der Waals surface area contributed by atoms with Gasteiger partial charge in [-0.25, -0.2) is 10.5 Å². The van der Waals surface area contributed by atoms with Crippen LogP contribution in [0.4, 0.5) is 5.69 Å². The van der Waals surface area contributed by atoms with E-state index in [1.54, 1.807) is 11.3 Å². The lowest BCUT2D eigenvalue weighted by atomic mass is 10.3. The van der Waals surface area contributed by atoms with E-state index < -0.39 is 0 Å². The summed E-state index contributed by atoms with van der Waals surface area (Å²) in [5.74, 6) is 0. The molecule has 0 aromatic heterocycles. The smallest absolute Gasteiger partial charge is 0.135 e. The van der Waals surface area contributed by atoms with E-state index in [1.165, 1.54) is 4.64 Å². The highest BCUT2D eigenvalue weighted by Crippen LogP contribution is 2.16. The SMILES string of the molecule is ClN1NN=CN1c1ccccc1. The Labute approximate surface area is 75.1 Å². The van der Waals surface area contributed by atoms with Crippen LogP contribution in [0, 0.1) is 0 Å². The topological polar surface area (TPSA) is 30.9 Å². The number of halogens is 1. The second-order valence-electron chi connectivity index (χ2n) is 2.28. The van der Waals surface area contributed by atoms with Gasteiger partial charge in [0.15, 0.2) is 0 Å². The lowest BCUT2D eigenvalue weighted by Gasteiger charge is -2.18. The van der Waals surface area contributed by atoms with E-state index >= 15 is 0 Å². The van der Waals surface area contributed by atoms with Crippen molar-refractivity contribution in [3.05, 3.63) is 30.3 Å². The van der Waals surface area contributed by atoms with Crippen molar-refractivity contribution in [2.75, 3.05) is 5.01 Å². The molecule has 0 bridgehead atoms. The van der Waals surface area contributed by atoms with Gasteiger partial charge in [0.05, 0.1) is 5.69 Å². The van der Waals surface area contributed by atoms with Gasteiger partial charge >= 0.3 is 0 Å². The van der Waals surface area contributed by atoms with Crippen molar-refractivity contribution < 1.29 is 0 Å². The van der Waals surface area contributed by atoms with Crippen LogP contribution >= 0.6 is 11.8 Å². The number of nitrogens with one attached hydrogen (secondary N) is 1. The van der Waals surface area contributed by atoms with Crippen LogP contribution < -0.4 is 10.5 Å². The number of nitrogens with zero attached hydrogens (tertiary/aromatic N) is 3. The molecule has 2 rings (SSSR count). The van der Waals surface area contributed by atoms with E-state index in [0.29, 0.717) is 0 Å². The van der Waals surface area contributed by atoms with Crippen LogP contribution in [-0.2, 0) is 0 Å². The summed E-state index contributed by atoms with van der Waals surface area (Å²) in [5.41, 5.74) is 3.52. The van der Waals surface area contributed by atoms with Gasteiger partial charge in [0, 0.05) is 11.8 Å². The Morgan fingerprint density at radius 3 is 2.58 bits per heavy atom. The number of hydrazone groups is 1. The second kappa shape index (κ2) is 3.00. The fourth-order valence-electron chi connectivity index (χ4n) is 0.970. The molecule has 0 aliphatic carbocycles. The second-order valence-corrected chi connectivity index (χ2v) is 2.61. The molecule has 0 unspecified atom stereocenters. The first-order valence-electron chi connectivity index (χ1n) is 3.47. The van der Waals surface area contributed by atoms with Gasteiger partial charge in [0.1, 0.15) is 6.34 Å². The summed E-state index contributed by atoms with van der Waals surface area (Å²) in [4.78, 5) is 0. The predicted octanol–water partition coefficient (Wildman–Crippen LogP) is 1.33. The van der Waals surface area contributed by atoms with Crippen molar-refractivity contribution in [2.24, 2.45) is 5.10 Å². The average molecular weight is 183 g/mol. The summed E-state index contributed by atoms with van der Waals surface area (Å²) >= 11 is 5.74. The zero-order chi connectivity index (χ0) is 8.39. The number of benzene rings is 1. The third-order valence-corrected chi connectivity index (χ3v) is 1.76. The third kappa shape index (κ3) is 1.22. The predicted molar refractivity (Wildman–Crippen MR) is 48.2 cm³/mol. The molecule has 5 heteroatoms. The fourth-order valence-corrected chi connectivity index (χ4v) is 1.14. The molecule has 0 atom stereocenters. The van der Waals surface area contributed by atoms with Crippen LogP contribution in [0.15, 0.2) is 35.4 Å². The van der Waals surface area contributed by atoms with Gasteiger partial charge in [-0.2, -0.15) is 5.10 Å². The summed E-state index contributed by atoms with van der Waals surface area (Å²) in [5, 5.41) is 5.45. The molecule has 0 amide bonds. The number of hydrogen-bond acceptors (Lipinski definition) is 4. The monoisotopic (exact) mass is 182 g/mol. The highest BCUT2D eigenvalue weighted by atomic mass is 35.5. The molecular formula is C7H7ClN4. The molecule has 0 saturated heterocycles. The Bertz CT molecular complexity index is 287. The van der Waals surface area contributed by atoms with Crippen LogP contribution in [0.5, 0.6) is 0 Å².